The maximum Gasteiger partial charge on any atom is 0.110 e. The molecule has 0 bridgehead atoms. The van der Waals surface area contributed by atoms with Gasteiger partial charge in [0, 0.05) is 25.6 Å². The zero-order chi connectivity index (χ0) is 18.8. The fourth-order valence-electron chi connectivity index (χ4n) is 2.10. The van der Waals surface area contributed by atoms with Gasteiger partial charge in [0.2, 0.25) is 0 Å². The molecule has 0 aliphatic heterocycles. The third kappa shape index (κ3) is 6.88. The van der Waals surface area contributed by atoms with E-state index in [1.165, 1.54) is 12.4 Å². The minimum atomic E-state index is -1.28. The van der Waals surface area contributed by atoms with Gasteiger partial charge in [0.25, 0.3) is 0 Å². The molecule has 10 heteroatoms. The largest absolute Gasteiger partial charge is 0.396 e. The Kier molecular flexibility index (Phi) is 9.93. The number of rotatable bonds is 12. The van der Waals surface area contributed by atoms with Crippen molar-refractivity contribution in [1.82, 2.24) is 9.97 Å². The number of aromatic nitrogens is 2. The third-order valence-corrected chi connectivity index (χ3v) is 3.63. The minimum absolute atomic E-state index is 0.0109. The summed E-state index contributed by atoms with van der Waals surface area (Å²) in [6, 6.07) is 0. The SMILES string of the molecule is OCC[C@@H](O[C@@H](CO)[C@@H](O)CO)c1cnc(C[C@H](O)[C@H](O)CO)cn1. The highest BCUT2D eigenvalue weighted by molar-refractivity contribution is 5.07. The first-order chi connectivity index (χ1) is 12.0. The van der Waals surface area contributed by atoms with Crippen molar-refractivity contribution in [3.8, 4) is 0 Å². The van der Waals surface area contributed by atoms with Gasteiger partial charge in [-0.25, -0.2) is 0 Å². The lowest BCUT2D eigenvalue weighted by Crippen LogP contribution is -2.36. The van der Waals surface area contributed by atoms with Gasteiger partial charge in [-0.05, 0) is 0 Å². The predicted molar refractivity (Wildman–Crippen MR) is 84.3 cm³/mol. The van der Waals surface area contributed by atoms with Crippen LogP contribution in [0.4, 0.5) is 0 Å². The molecule has 0 spiro atoms. The lowest BCUT2D eigenvalue weighted by Gasteiger charge is -2.25. The van der Waals surface area contributed by atoms with E-state index in [2.05, 4.69) is 9.97 Å². The zero-order valence-corrected chi connectivity index (χ0v) is 13.7. The van der Waals surface area contributed by atoms with E-state index in [1.54, 1.807) is 0 Å². The van der Waals surface area contributed by atoms with Crippen LogP contribution in [0.3, 0.4) is 0 Å². The molecule has 0 saturated heterocycles. The van der Waals surface area contributed by atoms with Crippen LogP contribution in [0.2, 0.25) is 0 Å². The van der Waals surface area contributed by atoms with Crippen LogP contribution in [-0.2, 0) is 11.2 Å². The zero-order valence-electron chi connectivity index (χ0n) is 13.7. The molecule has 10 nitrogen and oxygen atoms in total. The molecule has 0 unspecified atom stereocenters. The van der Waals surface area contributed by atoms with Crippen molar-refractivity contribution >= 4 is 0 Å². The monoisotopic (exact) mass is 362 g/mol. The number of nitrogens with zero attached hydrogens (tertiary/aromatic N) is 2. The third-order valence-electron chi connectivity index (χ3n) is 3.63. The highest BCUT2D eigenvalue weighted by Crippen LogP contribution is 2.21. The Morgan fingerprint density at radius 1 is 0.840 bits per heavy atom. The topological polar surface area (TPSA) is 177 Å². The summed E-state index contributed by atoms with van der Waals surface area (Å²) in [5, 5.41) is 64.7. The lowest BCUT2D eigenvalue weighted by molar-refractivity contribution is -0.116. The Bertz CT molecular complexity index is 475. The molecule has 0 fully saturated rings. The maximum absolute atomic E-state index is 9.66. The van der Waals surface area contributed by atoms with Crippen molar-refractivity contribution in [2.24, 2.45) is 0 Å². The van der Waals surface area contributed by atoms with Crippen LogP contribution in [0.5, 0.6) is 0 Å². The first-order valence-electron chi connectivity index (χ1n) is 7.90. The van der Waals surface area contributed by atoms with Gasteiger partial charge in [-0.15, -0.1) is 0 Å². The highest BCUT2D eigenvalue weighted by atomic mass is 16.5. The van der Waals surface area contributed by atoms with Crippen LogP contribution in [0.1, 0.15) is 23.9 Å². The molecule has 1 rings (SSSR count). The van der Waals surface area contributed by atoms with Crippen LogP contribution in [0, 0.1) is 0 Å². The van der Waals surface area contributed by atoms with Crippen LogP contribution in [0.25, 0.3) is 0 Å². The molecular weight excluding hydrogens is 336 g/mol. The van der Waals surface area contributed by atoms with Gasteiger partial charge in [-0.3, -0.25) is 9.97 Å². The Hall–Kier alpha value is -1.24. The van der Waals surface area contributed by atoms with E-state index in [0.717, 1.165) is 0 Å². The van der Waals surface area contributed by atoms with Crippen molar-refractivity contribution in [2.75, 3.05) is 26.4 Å². The smallest absolute Gasteiger partial charge is 0.110 e. The van der Waals surface area contributed by atoms with Gasteiger partial charge < -0.3 is 40.5 Å². The first kappa shape index (κ1) is 21.8. The van der Waals surface area contributed by atoms with E-state index in [-0.39, 0.29) is 19.4 Å². The molecule has 0 aliphatic carbocycles. The second-order valence-electron chi connectivity index (χ2n) is 5.56. The number of ether oxygens (including phenoxy) is 1. The van der Waals surface area contributed by atoms with Crippen LogP contribution in [-0.4, -0.2) is 96.6 Å². The summed E-state index contributed by atoms with van der Waals surface area (Å²) >= 11 is 0. The summed E-state index contributed by atoms with van der Waals surface area (Å²) in [7, 11) is 0. The van der Waals surface area contributed by atoms with Crippen molar-refractivity contribution in [3.63, 3.8) is 0 Å². The van der Waals surface area contributed by atoms with E-state index < -0.39 is 50.3 Å². The fraction of sp³-hybridized carbons (Fsp3) is 0.733. The standard InChI is InChI=1S/C15H26N2O8/c18-2-1-14(25-15(8-21)13(24)7-20)10-5-16-9(4-17-10)3-11(22)12(23)6-19/h4-5,11-15,18-24H,1-3,6-8H2/t11-,12+,13-,14+,15-/m0/s1. The van der Waals surface area contributed by atoms with Gasteiger partial charge in [-0.2, -0.15) is 0 Å². The normalized spacial score (nSPS) is 17.7. The van der Waals surface area contributed by atoms with Crippen molar-refractivity contribution in [2.45, 2.75) is 43.4 Å². The van der Waals surface area contributed by atoms with Crippen molar-refractivity contribution in [1.29, 1.82) is 0 Å². The lowest BCUT2D eigenvalue weighted by atomic mass is 10.1. The molecule has 0 amide bonds. The van der Waals surface area contributed by atoms with Gasteiger partial charge in [-0.1, -0.05) is 0 Å². The molecule has 144 valence electrons. The Morgan fingerprint density at radius 3 is 2.00 bits per heavy atom. The van der Waals surface area contributed by atoms with E-state index in [0.29, 0.717) is 11.4 Å². The van der Waals surface area contributed by atoms with E-state index >= 15 is 0 Å². The van der Waals surface area contributed by atoms with Crippen LogP contribution in [0.15, 0.2) is 12.4 Å². The average Bonchev–Trinajstić information content (AvgIpc) is 2.64. The summed E-state index contributed by atoms with van der Waals surface area (Å²) in [4.78, 5) is 8.21. The molecular formula is C15H26N2O8. The maximum atomic E-state index is 9.66. The molecule has 1 heterocycles. The molecule has 0 aliphatic rings. The molecule has 0 aromatic carbocycles. The van der Waals surface area contributed by atoms with Crippen LogP contribution >= 0.6 is 0 Å². The van der Waals surface area contributed by atoms with Gasteiger partial charge in [0.15, 0.2) is 0 Å². The fourth-order valence-corrected chi connectivity index (χ4v) is 2.10. The predicted octanol–water partition coefficient (Wildman–Crippen LogP) is -3.11. The summed E-state index contributed by atoms with van der Waals surface area (Å²) in [6.07, 6.45) is -2.74. The molecule has 7 N–H and O–H groups in total. The number of aliphatic hydroxyl groups is 7. The Labute approximate surface area is 145 Å². The highest BCUT2D eigenvalue weighted by Gasteiger charge is 2.25. The molecule has 1 aromatic rings. The van der Waals surface area contributed by atoms with Gasteiger partial charge in [0.1, 0.15) is 24.4 Å². The number of aliphatic hydroxyl groups excluding tert-OH is 7. The second kappa shape index (κ2) is 11.4. The number of hydrogen-bond donors (Lipinski definition) is 7. The molecule has 0 saturated carbocycles. The molecule has 25 heavy (non-hydrogen) atoms. The van der Waals surface area contributed by atoms with Crippen molar-refractivity contribution < 1.29 is 40.5 Å². The second-order valence-corrected chi connectivity index (χ2v) is 5.56. The van der Waals surface area contributed by atoms with E-state index in [4.69, 9.17) is 20.1 Å². The average molecular weight is 362 g/mol. The van der Waals surface area contributed by atoms with E-state index in [1.807, 2.05) is 0 Å². The Morgan fingerprint density at radius 2 is 1.52 bits per heavy atom. The minimum Gasteiger partial charge on any atom is -0.396 e. The molecule has 5 atom stereocenters. The van der Waals surface area contributed by atoms with Gasteiger partial charge >= 0.3 is 0 Å². The Balaban J connectivity index is 2.80. The quantitative estimate of drug-likeness (QED) is 0.201. The number of hydrogen-bond acceptors (Lipinski definition) is 10. The summed E-state index contributed by atoms with van der Waals surface area (Å²) < 4.78 is 5.51. The first-order valence-corrected chi connectivity index (χ1v) is 7.90. The summed E-state index contributed by atoms with van der Waals surface area (Å²) in [5.74, 6) is 0. The molecule has 0 radical (unpaired) electrons. The molecule has 1 aromatic heterocycles. The summed E-state index contributed by atoms with van der Waals surface area (Å²) in [5.41, 5.74) is 0.708. The van der Waals surface area contributed by atoms with Crippen LogP contribution < -0.4 is 0 Å². The summed E-state index contributed by atoms with van der Waals surface area (Å²) in [6.45, 7) is -1.93. The van der Waals surface area contributed by atoms with E-state index in [9.17, 15) is 20.4 Å². The van der Waals surface area contributed by atoms with Crippen molar-refractivity contribution in [3.05, 3.63) is 23.8 Å². The van der Waals surface area contributed by atoms with Gasteiger partial charge in [0.05, 0.1) is 43.5 Å².